The molecule has 2 heterocycles. The molecule has 0 aliphatic rings. The number of nitrogen functional groups attached to an aromatic ring is 1. The van der Waals surface area contributed by atoms with E-state index in [0.29, 0.717) is 17.9 Å². The van der Waals surface area contributed by atoms with Crippen LogP contribution in [0.3, 0.4) is 0 Å². The fourth-order valence-corrected chi connectivity index (χ4v) is 1.92. The Balaban J connectivity index is 2.16. The maximum absolute atomic E-state index is 12.4. The molecule has 0 aromatic carbocycles. The third-order valence-corrected chi connectivity index (χ3v) is 2.86. The van der Waals surface area contributed by atoms with Crippen LogP contribution in [0.15, 0.2) is 36.7 Å². The molecule has 3 N–H and O–H groups in total. The number of rotatable bonds is 4. The van der Waals surface area contributed by atoms with Crippen molar-refractivity contribution in [1.29, 1.82) is 0 Å². The Morgan fingerprint density at radius 3 is 2.70 bits per heavy atom. The largest absolute Gasteiger partial charge is 0.337 e. The van der Waals surface area contributed by atoms with Crippen molar-refractivity contribution < 1.29 is 4.79 Å². The Morgan fingerprint density at radius 1 is 1.35 bits per heavy atom. The smallest absolute Gasteiger partial charge is 0.254 e. The molecule has 104 valence electrons. The molecule has 1 amide bonds. The molecule has 2 rings (SSSR count). The van der Waals surface area contributed by atoms with Gasteiger partial charge in [0.15, 0.2) is 0 Å². The van der Waals surface area contributed by atoms with Gasteiger partial charge in [0.2, 0.25) is 0 Å². The van der Waals surface area contributed by atoms with Crippen LogP contribution >= 0.6 is 0 Å². The topological polar surface area (TPSA) is 84.1 Å². The zero-order valence-corrected chi connectivity index (χ0v) is 11.5. The number of hydrazine groups is 1. The minimum Gasteiger partial charge on any atom is -0.337 e. The van der Waals surface area contributed by atoms with Gasteiger partial charge in [-0.2, -0.15) is 0 Å². The van der Waals surface area contributed by atoms with Gasteiger partial charge < -0.3 is 10.3 Å². The number of amides is 1. The molecule has 0 spiro atoms. The van der Waals surface area contributed by atoms with Crippen LogP contribution in [0.5, 0.6) is 0 Å². The van der Waals surface area contributed by atoms with Crippen molar-refractivity contribution in [2.45, 2.75) is 13.5 Å². The normalized spacial score (nSPS) is 10.2. The summed E-state index contributed by atoms with van der Waals surface area (Å²) in [7, 11) is 1.76. The Bertz CT molecular complexity index is 600. The Hall–Kier alpha value is -2.47. The highest BCUT2D eigenvalue weighted by molar-refractivity contribution is 5.94. The first-order valence-electron chi connectivity index (χ1n) is 6.20. The summed E-state index contributed by atoms with van der Waals surface area (Å²) in [6.45, 7) is 2.34. The summed E-state index contributed by atoms with van der Waals surface area (Å²) in [4.78, 5) is 22.1. The predicted octanol–water partition coefficient (Wildman–Crippen LogP) is 1.34. The lowest BCUT2D eigenvalue weighted by atomic mass is 10.2. The van der Waals surface area contributed by atoms with Crippen LogP contribution in [0.1, 0.15) is 21.6 Å². The lowest BCUT2D eigenvalue weighted by Crippen LogP contribution is -2.26. The van der Waals surface area contributed by atoms with Gasteiger partial charge in [-0.1, -0.05) is 0 Å². The van der Waals surface area contributed by atoms with Gasteiger partial charge in [-0.15, -0.1) is 0 Å². The van der Waals surface area contributed by atoms with Gasteiger partial charge in [0.1, 0.15) is 5.82 Å². The first kappa shape index (κ1) is 14.0. The molecule has 0 saturated heterocycles. The molecule has 6 nitrogen and oxygen atoms in total. The summed E-state index contributed by atoms with van der Waals surface area (Å²) in [6.07, 6.45) is 3.42. The fraction of sp³-hybridized carbons (Fsp3) is 0.214. The predicted molar refractivity (Wildman–Crippen MR) is 76.8 cm³/mol. The molecule has 2 aromatic rings. The third kappa shape index (κ3) is 3.30. The molecule has 0 atom stereocenters. The van der Waals surface area contributed by atoms with Gasteiger partial charge in [0.05, 0.1) is 0 Å². The van der Waals surface area contributed by atoms with E-state index in [-0.39, 0.29) is 5.91 Å². The molecule has 0 radical (unpaired) electrons. The first-order chi connectivity index (χ1) is 9.60. The number of hydrogen-bond donors (Lipinski definition) is 2. The molecule has 2 aromatic heterocycles. The molecule has 0 saturated carbocycles. The van der Waals surface area contributed by atoms with Crippen LogP contribution in [-0.2, 0) is 6.54 Å². The number of hydrogen-bond acceptors (Lipinski definition) is 5. The molecule has 0 aliphatic carbocycles. The zero-order chi connectivity index (χ0) is 14.5. The number of carbonyl (C=O) groups is 1. The van der Waals surface area contributed by atoms with E-state index in [0.717, 1.165) is 11.3 Å². The Morgan fingerprint density at radius 2 is 2.05 bits per heavy atom. The van der Waals surface area contributed by atoms with Crippen LogP contribution in [0.25, 0.3) is 0 Å². The van der Waals surface area contributed by atoms with E-state index in [2.05, 4.69) is 15.4 Å². The third-order valence-electron chi connectivity index (χ3n) is 2.86. The first-order valence-corrected chi connectivity index (χ1v) is 6.20. The van der Waals surface area contributed by atoms with Crippen molar-refractivity contribution in [3.8, 4) is 0 Å². The van der Waals surface area contributed by atoms with Crippen LogP contribution in [0.2, 0.25) is 0 Å². The SMILES string of the molecule is Cc1cc(C(=O)N(C)Cc2ccncc2)cc(NN)n1. The summed E-state index contributed by atoms with van der Waals surface area (Å²) >= 11 is 0. The lowest BCUT2D eigenvalue weighted by molar-refractivity contribution is 0.0785. The van der Waals surface area contributed by atoms with Crippen LogP contribution in [0.4, 0.5) is 5.82 Å². The van der Waals surface area contributed by atoms with Crippen LogP contribution < -0.4 is 11.3 Å². The van der Waals surface area contributed by atoms with Crippen molar-refractivity contribution in [3.63, 3.8) is 0 Å². The number of nitrogens with two attached hydrogens (primary N) is 1. The van der Waals surface area contributed by atoms with Gasteiger partial charge in [0, 0.05) is 37.2 Å². The highest BCUT2D eigenvalue weighted by Crippen LogP contribution is 2.12. The minimum absolute atomic E-state index is 0.0798. The van der Waals surface area contributed by atoms with E-state index in [1.165, 1.54) is 0 Å². The average molecular weight is 271 g/mol. The molecule has 0 aliphatic heterocycles. The van der Waals surface area contributed by atoms with E-state index >= 15 is 0 Å². The molecule has 0 fully saturated rings. The van der Waals surface area contributed by atoms with Gasteiger partial charge in [0.25, 0.3) is 5.91 Å². The minimum atomic E-state index is -0.0798. The van der Waals surface area contributed by atoms with Crippen molar-refractivity contribution in [2.75, 3.05) is 12.5 Å². The van der Waals surface area contributed by atoms with Gasteiger partial charge >= 0.3 is 0 Å². The summed E-state index contributed by atoms with van der Waals surface area (Å²) in [5, 5.41) is 0. The van der Waals surface area contributed by atoms with Crippen molar-refractivity contribution in [2.24, 2.45) is 5.84 Å². The van der Waals surface area contributed by atoms with E-state index in [1.807, 2.05) is 19.1 Å². The monoisotopic (exact) mass is 271 g/mol. The van der Waals surface area contributed by atoms with Gasteiger partial charge in [-0.05, 0) is 36.8 Å². The maximum Gasteiger partial charge on any atom is 0.254 e. The zero-order valence-electron chi connectivity index (χ0n) is 11.5. The summed E-state index contributed by atoms with van der Waals surface area (Å²) < 4.78 is 0. The van der Waals surface area contributed by atoms with Gasteiger partial charge in [-0.25, -0.2) is 10.8 Å². The van der Waals surface area contributed by atoms with E-state index in [9.17, 15) is 4.79 Å². The van der Waals surface area contributed by atoms with E-state index in [4.69, 9.17) is 5.84 Å². The number of nitrogens with one attached hydrogen (secondary N) is 1. The number of anilines is 1. The molecule has 20 heavy (non-hydrogen) atoms. The molecule has 6 heteroatoms. The summed E-state index contributed by atoms with van der Waals surface area (Å²) in [5.74, 6) is 5.74. The summed E-state index contributed by atoms with van der Waals surface area (Å²) in [6, 6.07) is 7.15. The lowest BCUT2D eigenvalue weighted by Gasteiger charge is -2.18. The van der Waals surface area contributed by atoms with Crippen molar-refractivity contribution >= 4 is 11.7 Å². The van der Waals surface area contributed by atoms with Gasteiger partial charge in [-0.3, -0.25) is 9.78 Å². The molecule has 0 unspecified atom stereocenters. The Kier molecular flexibility index (Phi) is 4.27. The second-order valence-electron chi connectivity index (χ2n) is 4.54. The average Bonchev–Trinajstić information content (AvgIpc) is 2.46. The maximum atomic E-state index is 12.4. The second-order valence-corrected chi connectivity index (χ2v) is 4.54. The molecular formula is C14H17N5O. The summed E-state index contributed by atoms with van der Waals surface area (Å²) in [5.41, 5.74) is 4.78. The quantitative estimate of drug-likeness (QED) is 0.647. The highest BCUT2D eigenvalue weighted by Gasteiger charge is 2.13. The van der Waals surface area contributed by atoms with E-state index < -0.39 is 0 Å². The molecule has 0 bridgehead atoms. The van der Waals surface area contributed by atoms with Crippen molar-refractivity contribution in [1.82, 2.24) is 14.9 Å². The van der Waals surface area contributed by atoms with Crippen molar-refractivity contribution in [3.05, 3.63) is 53.5 Å². The molecular weight excluding hydrogens is 254 g/mol. The number of aromatic nitrogens is 2. The fourth-order valence-electron chi connectivity index (χ4n) is 1.92. The van der Waals surface area contributed by atoms with Crippen LogP contribution in [-0.4, -0.2) is 27.8 Å². The highest BCUT2D eigenvalue weighted by atomic mass is 16.2. The number of nitrogens with zero attached hydrogens (tertiary/aromatic N) is 3. The van der Waals surface area contributed by atoms with Crippen LogP contribution in [0, 0.1) is 6.92 Å². The van der Waals surface area contributed by atoms with E-state index in [1.54, 1.807) is 36.5 Å². The Labute approximate surface area is 117 Å². The second kappa shape index (κ2) is 6.12. The standard InChI is InChI=1S/C14H17N5O/c1-10-7-12(8-13(17-10)18-15)14(20)19(2)9-11-3-5-16-6-4-11/h3-8H,9,15H2,1-2H3,(H,17,18). The number of aryl methyl sites for hydroxylation is 1. The number of carbonyl (C=O) groups excluding carboxylic acids is 1. The number of pyridine rings is 2.